The molecule has 0 unspecified atom stereocenters. The number of rotatable bonds is 4. The van der Waals surface area contributed by atoms with Crippen LogP contribution in [0.15, 0.2) is 35.1 Å². The zero-order chi connectivity index (χ0) is 13.0. The minimum absolute atomic E-state index is 0.730. The van der Waals surface area contributed by atoms with Gasteiger partial charge in [-0.25, -0.2) is 9.97 Å². The van der Waals surface area contributed by atoms with Crippen molar-refractivity contribution in [2.75, 3.05) is 11.9 Å². The fourth-order valence-corrected chi connectivity index (χ4v) is 2.03. The van der Waals surface area contributed by atoms with Gasteiger partial charge < -0.3 is 4.90 Å². The van der Waals surface area contributed by atoms with Crippen molar-refractivity contribution in [3.63, 3.8) is 0 Å². The van der Waals surface area contributed by atoms with Crippen LogP contribution in [0.1, 0.15) is 18.4 Å². The van der Waals surface area contributed by atoms with E-state index in [1.165, 1.54) is 0 Å². The second kappa shape index (κ2) is 5.91. The van der Waals surface area contributed by atoms with E-state index in [1.807, 2.05) is 38.2 Å². The number of halogens is 1. The molecule has 0 saturated carbocycles. The van der Waals surface area contributed by atoms with Crippen molar-refractivity contribution >= 4 is 21.7 Å². The minimum Gasteiger partial charge on any atom is -0.354 e. The molecule has 0 aliphatic carbocycles. The van der Waals surface area contributed by atoms with Crippen LogP contribution in [0, 0.1) is 0 Å². The molecule has 4 nitrogen and oxygen atoms in total. The standard InChI is InChI=1S/C13H15BrN4/c1-3-12-16-11(14)8-13(17-12)18(2)9-10-6-4-5-7-15-10/h4-8H,3,9H2,1-2H3. The van der Waals surface area contributed by atoms with Crippen molar-refractivity contribution in [1.29, 1.82) is 0 Å². The topological polar surface area (TPSA) is 41.9 Å². The van der Waals surface area contributed by atoms with E-state index in [9.17, 15) is 0 Å². The van der Waals surface area contributed by atoms with Crippen molar-refractivity contribution in [2.45, 2.75) is 19.9 Å². The Balaban J connectivity index is 2.18. The summed E-state index contributed by atoms with van der Waals surface area (Å²) in [5.74, 6) is 1.74. The summed E-state index contributed by atoms with van der Waals surface area (Å²) < 4.78 is 0.817. The molecule has 0 spiro atoms. The molecule has 0 aliphatic rings. The zero-order valence-electron chi connectivity index (χ0n) is 10.5. The van der Waals surface area contributed by atoms with E-state index in [0.29, 0.717) is 0 Å². The van der Waals surface area contributed by atoms with Crippen LogP contribution in [0.25, 0.3) is 0 Å². The summed E-state index contributed by atoms with van der Waals surface area (Å²) in [6.07, 6.45) is 2.63. The van der Waals surface area contributed by atoms with Gasteiger partial charge in [0.25, 0.3) is 0 Å². The van der Waals surface area contributed by atoms with Crippen molar-refractivity contribution in [2.24, 2.45) is 0 Å². The Morgan fingerprint density at radius 3 is 2.78 bits per heavy atom. The van der Waals surface area contributed by atoms with Gasteiger partial charge in [0, 0.05) is 25.7 Å². The minimum atomic E-state index is 0.730. The van der Waals surface area contributed by atoms with Crippen LogP contribution in [0.2, 0.25) is 0 Å². The van der Waals surface area contributed by atoms with Crippen LogP contribution < -0.4 is 4.90 Å². The van der Waals surface area contributed by atoms with Gasteiger partial charge in [-0.3, -0.25) is 4.98 Å². The van der Waals surface area contributed by atoms with Gasteiger partial charge in [0.15, 0.2) is 0 Å². The third-order valence-corrected chi connectivity index (χ3v) is 2.97. The molecule has 2 aromatic heterocycles. The van der Waals surface area contributed by atoms with Gasteiger partial charge in [-0.1, -0.05) is 13.0 Å². The maximum Gasteiger partial charge on any atom is 0.133 e. The highest BCUT2D eigenvalue weighted by Crippen LogP contribution is 2.17. The molecule has 0 radical (unpaired) electrons. The Morgan fingerprint density at radius 1 is 1.28 bits per heavy atom. The largest absolute Gasteiger partial charge is 0.354 e. The molecule has 0 amide bonds. The predicted octanol–water partition coefficient (Wildman–Crippen LogP) is 2.83. The SMILES string of the molecule is CCc1nc(Br)cc(N(C)Cc2ccccn2)n1. The Labute approximate surface area is 115 Å². The molecule has 0 N–H and O–H groups in total. The van der Waals surface area contributed by atoms with E-state index in [4.69, 9.17) is 0 Å². The van der Waals surface area contributed by atoms with E-state index in [0.717, 1.165) is 34.9 Å². The second-order valence-electron chi connectivity index (χ2n) is 4.00. The van der Waals surface area contributed by atoms with Gasteiger partial charge >= 0.3 is 0 Å². The number of anilines is 1. The molecule has 2 heterocycles. The fourth-order valence-electron chi connectivity index (χ4n) is 1.62. The average Bonchev–Trinajstić information content (AvgIpc) is 2.39. The number of hydrogen-bond donors (Lipinski definition) is 0. The van der Waals surface area contributed by atoms with E-state index >= 15 is 0 Å². The summed E-state index contributed by atoms with van der Waals surface area (Å²) in [6.45, 7) is 2.78. The highest BCUT2D eigenvalue weighted by Gasteiger charge is 2.07. The number of nitrogens with zero attached hydrogens (tertiary/aromatic N) is 4. The van der Waals surface area contributed by atoms with E-state index < -0.39 is 0 Å². The lowest BCUT2D eigenvalue weighted by Crippen LogP contribution is -2.19. The molecule has 0 atom stereocenters. The Bertz CT molecular complexity index is 516. The number of aromatic nitrogens is 3. The number of hydrogen-bond acceptors (Lipinski definition) is 4. The number of aryl methyl sites for hydroxylation is 1. The molecule has 0 fully saturated rings. The van der Waals surface area contributed by atoms with Crippen LogP contribution in [-0.2, 0) is 13.0 Å². The lowest BCUT2D eigenvalue weighted by Gasteiger charge is -2.18. The van der Waals surface area contributed by atoms with E-state index in [1.54, 1.807) is 6.20 Å². The smallest absolute Gasteiger partial charge is 0.133 e. The Kier molecular flexibility index (Phi) is 4.25. The Morgan fingerprint density at radius 2 is 2.11 bits per heavy atom. The monoisotopic (exact) mass is 306 g/mol. The highest BCUT2D eigenvalue weighted by molar-refractivity contribution is 9.10. The zero-order valence-corrected chi connectivity index (χ0v) is 12.1. The Hall–Kier alpha value is -1.49. The van der Waals surface area contributed by atoms with Crippen LogP contribution >= 0.6 is 15.9 Å². The molecule has 5 heteroatoms. The molecule has 2 rings (SSSR count). The lowest BCUT2D eigenvalue weighted by atomic mass is 10.3. The van der Waals surface area contributed by atoms with Crippen molar-refractivity contribution in [3.8, 4) is 0 Å². The maximum atomic E-state index is 4.51. The van der Waals surface area contributed by atoms with Gasteiger partial charge in [0.2, 0.25) is 0 Å². The fraction of sp³-hybridized carbons (Fsp3) is 0.308. The van der Waals surface area contributed by atoms with Gasteiger partial charge in [0.05, 0.1) is 12.2 Å². The maximum absolute atomic E-state index is 4.51. The normalized spacial score (nSPS) is 10.4. The lowest BCUT2D eigenvalue weighted by molar-refractivity contribution is 0.835. The first kappa shape index (κ1) is 13.0. The van der Waals surface area contributed by atoms with Gasteiger partial charge in [-0.15, -0.1) is 0 Å². The van der Waals surface area contributed by atoms with Gasteiger partial charge in [0.1, 0.15) is 16.2 Å². The molecule has 94 valence electrons. The van der Waals surface area contributed by atoms with Gasteiger partial charge in [-0.2, -0.15) is 0 Å². The summed E-state index contributed by atoms with van der Waals surface area (Å²) in [6, 6.07) is 7.83. The first-order valence-electron chi connectivity index (χ1n) is 5.83. The summed E-state index contributed by atoms with van der Waals surface area (Å²) in [4.78, 5) is 15.2. The third kappa shape index (κ3) is 3.26. The average molecular weight is 307 g/mol. The summed E-state index contributed by atoms with van der Waals surface area (Å²) in [5.41, 5.74) is 1.02. The first-order valence-corrected chi connectivity index (χ1v) is 6.63. The molecule has 0 aliphatic heterocycles. The third-order valence-electron chi connectivity index (χ3n) is 2.56. The van der Waals surface area contributed by atoms with Crippen molar-refractivity contribution in [1.82, 2.24) is 15.0 Å². The molecule has 18 heavy (non-hydrogen) atoms. The quantitative estimate of drug-likeness (QED) is 0.815. The van der Waals surface area contributed by atoms with Crippen LogP contribution in [-0.4, -0.2) is 22.0 Å². The predicted molar refractivity (Wildman–Crippen MR) is 75.5 cm³/mol. The van der Waals surface area contributed by atoms with Crippen LogP contribution in [0.3, 0.4) is 0 Å². The summed E-state index contributed by atoms with van der Waals surface area (Å²) >= 11 is 3.41. The molecule has 0 aromatic carbocycles. The van der Waals surface area contributed by atoms with Crippen LogP contribution in [0.4, 0.5) is 5.82 Å². The van der Waals surface area contributed by atoms with Crippen molar-refractivity contribution < 1.29 is 0 Å². The van der Waals surface area contributed by atoms with E-state index in [2.05, 4.69) is 35.8 Å². The molecular weight excluding hydrogens is 292 g/mol. The molecular formula is C13H15BrN4. The molecule has 2 aromatic rings. The van der Waals surface area contributed by atoms with Gasteiger partial charge in [-0.05, 0) is 28.1 Å². The first-order chi connectivity index (χ1) is 8.69. The highest BCUT2D eigenvalue weighted by atomic mass is 79.9. The second-order valence-corrected chi connectivity index (χ2v) is 4.81. The summed E-state index contributed by atoms with van der Waals surface area (Å²) in [7, 11) is 2.00. The molecule has 0 saturated heterocycles. The summed E-state index contributed by atoms with van der Waals surface area (Å²) in [5, 5.41) is 0. The number of pyridine rings is 1. The molecule has 0 bridgehead atoms. The van der Waals surface area contributed by atoms with E-state index in [-0.39, 0.29) is 0 Å². The van der Waals surface area contributed by atoms with Crippen molar-refractivity contribution in [3.05, 3.63) is 46.6 Å². The van der Waals surface area contributed by atoms with Crippen LogP contribution in [0.5, 0.6) is 0 Å².